The van der Waals surface area contributed by atoms with Crippen LogP contribution in [0.3, 0.4) is 0 Å². The van der Waals surface area contributed by atoms with Crippen LogP contribution in [0.2, 0.25) is 0 Å². The molecule has 2 aliphatic heterocycles. The van der Waals surface area contributed by atoms with Gasteiger partial charge in [0.05, 0.1) is 6.04 Å². The van der Waals surface area contributed by atoms with E-state index >= 15 is 0 Å². The molecule has 1 aromatic rings. The summed E-state index contributed by atoms with van der Waals surface area (Å²) in [5, 5.41) is 3.48. The molecule has 1 aromatic heterocycles. The van der Waals surface area contributed by atoms with Crippen LogP contribution in [0.1, 0.15) is 37.8 Å². The van der Waals surface area contributed by atoms with Gasteiger partial charge in [-0.2, -0.15) is 0 Å². The predicted octanol–water partition coefficient (Wildman–Crippen LogP) is 3.40. The molecule has 2 unspecified atom stereocenters. The monoisotopic (exact) mass is 373 g/mol. The Balaban J connectivity index is 1.97. The van der Waals surface area contributed by atoms with Crippen molar-refractivity contribution in [3.8, 4) is 0 Å². The van der Waals surface area contributed by atoms with Crippen LogP contribution >= 0.6 is 15.9 Å². The molecule has 2 atom stereocenters. The molecule has 0 bridgehead atoms. The molecule has 0 N–H and O–H groups in total. The maximum absolute atomic E-state index is 13.5. The Hall–Kier alpha value is -1.08. The van der Waals surface area contributed by atoms with Crippen molar-refractivity contribution in [2.45, 2.75) is 38.7 Å². The lowest BCUT2D eigenvalue weighted by molar-refractivity contribution is -0.164. The van der Waals surface area contributed by atoms with Gasteiger partial charge in [0.15, 0.2) is 0 Å². The third-order valence-electron chi connectivity index (χ3n) is 4.66. The molecule has 22 heavy (non-hydrogen) atoms. The molecule has 2 aliphatic rings. The van der Waals surface area contributed by atoms with Crippen molar-refractivity contribution in [2.24, 2.45) is 5.41 Å². The summed E-state index contributed by atoms with van der Waals surface area (Å²) in [5.74, 6) is -0.470. The molecule has 3 heterocycles. The summed E-state index contributed by atoms with van der Waals surface area (Å²) < 4.78 is 27.8. The molecule has 7 heteroatoms. The number of carbonyl (C=O) groups is 1. The van der Waals surface area contributed by atoms with Gasteiger partial charge in [-0.1, -0.05) is 0 Å². The van der Waals surface area contributed by atoms with Crippen molar-refractivity contribution in [1.29, 1.82) is 0 Å². The smallest absolute Gasteiger partial charge is 0.252 e. The lowest BCUT2D eigenvalue weighted by atomic mass is 9.84. The van der Waals surface area contributed by atoms with E-state index in [0.29, 0.717) is 19.5 Å². The largest absolute Gasteiger partial charge is 0.273 e. The van der Waals surface area contributed by atoms with Gasteiger partial charge in [-0.15, -0.1) is 0 Å². The van der Waals surface area contributed by atoms with E-state index in [2.05, 4.69) is 20.9 Å². The number of alkyl halides is 2. The number of aromatic nitrogens is 1. The molecule has 2 saturated heterocycles. The van der Waals surface area contributed by atoms with Crippen LogP contribution in [0.4, 0.5) is 8.78 Å². The lowest BCUT2D eigenvalue weighted by Crippen LogP contribution is -2.49. The van der Waals surface area contributed by atoms with Crippen molar-refractivity contribution in [3.05, 3.63) is 28.5 Å². The number of fused-ring (bicyclic) bond motifs is 1. The van der Waals surface area contributed by atoms with Gasteiger partial charge in [0, 0.05) is 30.0 Å². The lowest BCUT2D eigenvalue weighted by Gasteiger charge is -2.35. The minimum atomic E-state index is -2.65. The summed E-state index contributed by atoms with van der Waals surface area (Å²) in [4.78, 5) is 17.0. The second-order valence-electron chi connectivity index (χ2n) is 6.17. The van der Waals surface area contributed by atoms with Crippen molar-refractivity contribution in [3.63, 3.8) is 0 Å². The molecule has 0 aromatic carbocycles. The first-order chi connectivity index (χ1) is 10.4. The Morgan fingerprint density at radius 2 is 2.18 bits per heavy atom. The molecule has 0 spiro atoms. The molecular weight excluding hydrogens is 356 g/mol. The average Bonchev–Trinajstić information content (AvgIpc) is 2.84. The summed E-state index contributed by atoms with van der Waals surface area (Å²) in [6.45, 7) is 2.74. The number of halogens is 3. The molecule has 0 aliphatic carbocycles. The van der Waals surface area contributed by atoms with Gasteiger partial charge >= 0.3 is 0 Å². The van der Waals surface area contributed by atoms with Gasteiger partial charge in [0.25, 0.3) is 6.43 Å². The summed E-state index contributed by atoms with van der Waals surface area (Å²) in [7, 11) is 0. The summed E-state index contributed by atoms with van der Waals surface area (Å²) >= 11 is 3.37. The molecule has 120 valence electrons. The van der Waals surface area contributed by atoms with E-state index in [4.69, 9.17) is 0 Å². The molecule has 1 amide bonds. The van der Waals surface area contributed by atoms with Crippen LogP contribution in [-0.2, 0) is 4.79 Å². The zero-order valence-corrected chi connectivity index (χ0v) is 13.9. The molecule has 4 nitrogen and oxygen atoms in total. The SMILES string of the molecule is CC1(C(F)F)CCCN2CCC(c3cncc(Br)c3)N2C1=O. The van der Waals surface area contributed by atoms with Crippen LogP contribution in [0.15, 0.2) is 22.9 Å². The number of amides is 1. The summed E-state index contributed by atoms with van der Waals surface area (Å²) in [6.07, 6.45) is 2.29. The number of carbonyl (C=O) groups excluding carboxylic acids is 1. The fourth-order valence-corrected chi connectivity index (χ4v) is 3.69. The van der Waals surface area contributed by atoms with E-state index in [1.807, 2.05) is 11.1 Å². The molecule has 3 rings (SSSR count). The first kappa shape index (κ1) is 15.8. The van der Waals surface area contributed by atoms with E-state index in [0.717, 1.165) is 16.5 Å². The molecule has 2 fully saturated rings. The number of hydrazine groups is 1. The van der Waals surface area contributed by atoms with Crippen LogP contribution in [0.5, 0.6) is 0 Å². The molecular formula is C15H18BrF2N3O. The fourth-order valence-electron chi connectivity index (χ4n) is 3.31. The van der Waals surface area contributed by atoms with Crippen molar-refractivity contribution < 1.29 is 13.6 Å². The minimum Gasteiger partial charge on any atom is -0.273 e. The highest BCUT2D eigenvalue weighted by Gasteiger charge is 2.51. The van der Waals surface area contributed by atoms with Gasteiger partial charge in [-0.25, -0.2) is 13.8 Å². The normalized spacial score (nSPS) is 29.8. The Labute approximate surface area is 136 Å². The number of hydrogen-bond acceptors (Lipinski definition) is 3. The van der Waals surface area contributed by atoms with Gasteiger partial charge in [0.2, 0.25) is 5.91 Å². The maximum atomic E-state index is 13.5. The number of hydrogen-bond donors (Lipinski definition) is 0. The van der Waals surface area contributed by atoms with Gasteiger partial charge in [-0.3, -0.25) is 14.8 Å². The van der Waals surface area contributed by atoms with Gasteiger partial charge < -0.3 is 0 Å². The number of rotatable bonds is 2. The van der Waals surface area contributed by atoms with Crippen molar-refractivity contribution >= 4 is 21.8 Å². The maximum Gasteiger partial charge on any atom is 0.252 e. The van der Waals surface area contributed by atoms with Crippen LogP contribution in [0, 0.1) is 5.41 Å². The zero-order chi connectivity index (χ0) is 15.9. The van der Waals surface area contributed by atoms with E-state index in [9.17, 15) is 13.6 Å². The minimum absolute atomic E-state index is 0.214. The fraction of sp³-hybridized carbons (Fsp3) is 0.600. The van der Waals surface area contributed by atoms with Gasteiger partial charge in [0.1, 0.15) is 5.41 Å². The summed E-state index contributed by atoms with van der Waals surface area (Å²) in [5.41, 5.74) is -0.722. The first-order valence-electron chi connectivity index (χ1n) is 7.40. The zero-order valence-electron chi connectivity index (χ0n) is 12.3. The standard InChI is InChI=1S/C15H18BrF2N3O/c1-15(13(17)18)4-2-5-20-6-3-12(21(20)14(15)22)10-7-11(16)9-19-8-10/h7-9,12-13H,2-6H2,1H3. The Bertz CT molecular complexity index is 586. The number of nitrogens with zero attached hydrogens (tertiary/aromatic N) is 3. The van der Waals surface area contributed by atoms with E-state index in [1.165, 1.54) is 6.92 Å². The number of pyridine rings is 1. The Morgan fingerprint density at radius 1 is 1.41 bits per heavy atom. The predicted molar refractivity (Wildman–Crippen MR) is 81.1 cm³/mol. The van der Waals surface area contributed by atoms with E-state index in [-0.39, 0.29) is 12.5 Å². The third-order valence-corrected chi connectivity index (χ3v) is 5.10. The Morgan fingerprint density at radius 3 is 2.86 bits per heavy atom. The second-order valence-corrected chi connectivity index (χ2v) is 7.08. The average molecular weight is 374 g/mol. The second kappa shape index (κ2) is 5.85. The first-order valence-corrected chi connectivity index (χ1v) is 8.20. The van der Waals surface area contributed by atoms with Crippen LogP contribution in [-0.4, -0.2) is 40.4 Å². The topological polar surface area (TPSA) is 36.4 Å². The molecule has 0 radical (unpaired) electrons. The van der Waals surface area contributed by atoms with E-state index < -0.39 is 17.7 Å². The highest BCUT2D eigenvalue weighted by Crippen LogP contribution is 2.43. The van der Waals surface area contributed by atoms with Gasteiger partial charge in [-0.05, 0) is 53.7 Å². The van der Waals surface area contributed by atoms with Crippen molar-refractivity contribution in [2.75, 3.05) is 13.1 Å². The quantitative estimate of drug-likeness (QED) is 0.796. The van der Waals surface area contributed by atoms with E-state index in [1.54, 1.807) is 17.4 Å². The summed E-state index contributed by atoms with van der Waals surface area (Å²) in [6, 6.07) is 1.69. The van der Waals surface area contributed by atoms with Crippen LogP contribution in [0.25, 0.3) is 0 Å². The highest BCUT2D eigenvalue weighted by molar-refractivity contribution is 9.10. The molecule has 0 saturated carbocycles. The van der Waals surface area contributed by atoms with Crippen molar-refractivity contribution in [1.82, 2.24) is 15.0 Å². The Kier molecular flexibility index (Phi) is 4.20. The highest BCUT2D eigenvalue weighted by atomic mass is 79.9. The van der Waals surface area contributed by atoms with Crippen LogP contribution < -0.4 is 0 Å². The third kappa shape index (κ3) is 2.54.